The van der Waals surface area contributed by atoms with Gasteiger partial charge in [0, 0.05) is 11.6 Å². The van der Waals surface area contributed by atoms with Gasteiger partial charge in [0.05, 0.1) is 33.1 Å². The van der Waals surface area contributed by atoms with Crippen LogP contribution in [-0.2, 0) is 29.3 Å². The zero-order valence-corrected chi connectivity index (χ0v) is 18.8. The zero-order chi connectivity index (χ0) is 22.6. The van der Waals surface area contributed by atoms with E-state index in [-0.39, 0.29) is 19.1 Å². The summed E-state index contributed by atoms with van der Waals surface area (Å²) in [4.78, 5) is 12.3. The summed E-state index contributed by atoms with van der Waals surface area (Å²) in [7, 11) is 6.34. The Kier molecular flexibility index (Phi) is 6.28. The van der Waals surface area contributed by atoms with Gasteiger partial charge in [-0.25, -0.2) is 0 Å². The number of rotatable bonds is 8. The third-order valence-electron chi connectivity index (χ3n) is 5.41. The smallest absolute Gasteiger partial charge is 0.311 e. The Balaban J connectivity index is 1.33. The Bertz CT molecular complexity index is 1190. The van der Waals surface area contributed by atoms with Crippen molar-refractivity contribution in [3.63, 3.8) is 0 Å². The van der Waals surface area contributed by atoms with E-state index in [0.717, 1.165) is 32.3 Å². The molecule has 0 N–H and O–H groups in total. The van der Waals surface area contributed by atoms with E-state index in [9.17, 15) is 4.79 Å². The van der Waals surface area contributed by atoms with Gasteiger partial charge in [0.2, 0.25) is 0 Å². The fourth-order valence-corrected chi connectivity index (χ4v) is 3.54. The van der Waals surface area contributed by atoms with Gasteiger partial charge in [-0.1, -0.05) is 42.5 Å². The van der Waals surface area contributed by atoms with Crippen LogP contribution in [0.15, 0.2) is 85.1 Å². The molecule has 5 nitrogen and oxygen atoms in total. The Morgan fingerprint density at radius 3 is 2.34 bits per heavy atom. The Morgan fingerprint density at radius 1 is 0.875 bits per heavy atom. The molecule has 32 heavy (non-hydrogen) atoms. The van der Waals surface area contributed by atoms with Crippen molar-refractivity contribution in [1.29, 1.82) is 0 Å². The van der Waals surface area contributed by atoms with Crippen molar-refractivity contribution in [3.05, 3.63) is 96.2 Å². The molecular weight excluding hydrogens is 400 g/mol. The lowest BCUT2D eigenvalue weighted by molar-refractivity contribution is -0.146. The summed E-state index contributed by atoms with van der Waals surface area (Å²) in [6.45, 7) is 0.712. The van der Waals surface area contributed by atoms with Crippen LogP contribution in [0.4, 0.5) is 5.69 Å². The van der Waals surface area contributed by atoms with Gasteiger partial charge in [0.15, 0.2) is 6.73 Å². The zero-order valence-electron chi connectivity index (χ0n) is 18.8. The van der Waals surface area contributed by atoms with Gasteiger partial charge in [-0.15, -0.1) is 0 Å². The fraction of sp³-hybridized carbons (Fsp3) is 0.222. The first kappa shape index (κ1) is 21.7. The van der Waals surface area contributed by atoms with Crippen molar-refractivity contribution in [2.24, 2.45) is 0 Å². The van der Waals surface area contributed by atoms with Gasteiger partial charge >= 0.3 is 5.97 Å². The summed E-state index contributed by atoms with van der Waals surface area (Å²) in [6.07, 6.45) is 2.18. The molecular formula is C27H29N2O3+. The van der Waals surface area contributed by atoms with E-state index in [4.69, 9.17) is 9.47 Å². The van der Waals surface area contributed by atoms with E-state index in [1.165, 1.54) is 5.69 Å². The molecule has 164 valence electrons. The van der Waals surface area contributed by atoms with E-state index < -0.39 is 0 Å². The minimum atomic E-state index is -0.243. The molecule has 4 aromatic rings. The number of aromatic nitrogens is 1. The Hall–Kier alpha value is -3.57. The average molecular weight is 430 g/mol. The standard InChI is InChI=1S/C27H29N2O3/c1-29(2,3)24-11-9-21(10-12-24)17-27(30)32-20-28-16-15-23-18-25(13-14-26(23)28)31-19-22-7-5-4-6-8-22/h4-16,18H,17,19-20H2,1-3H3/q+1. The topological polar surface area (TPSA) is 40.5 Å². The maximum Gasteiger partial charge on any atom is 0.311 e. The van der Waals surface area contributed by atoms with E-state index >= 15 is 0 Å². The molecule has 3 aromatic carbocycles. The average Bonchev–Trinajstić information content (AvgIpc) is 3.19. The van der Waals surface area contributed by atoms with Gasteiger partial charge in [-0.3, -0.25) is 9.28 Å². The van der Waals surface area contributed by atoms with Gasteiger partial charge in [0.25, 0.3) is 0 Å². The molecule has 0 unspecified atom stereocenters. The van der Waals surface area contributed by atoms with E-state index in [1.807, 2.05) is 77.5 Å². The molecule has 1 heterocycles. The van der Waals surface area contributed by atoms with Crippen LogP contribution < -0.4 is 9.22 Å². The van der Waals surface area contributed by atoms with Crippen molar-refractivity contribution in [1.82, 2.24) is 9.05 Å². The number of hydrogen-bond acceptors (Lipinski definition) is 3. The maximum atomic E-state index is 12.3. The molecule has 1 aromatic heterocycles. The molecule has 0 radical (unpaired) electrons. The lowest BCUT2D eigenvalue weighted by atomic mass is 10.1. The number of ether oxygens (including phenoxy) is 2. The van der Waals surface area contributed by atoms with Crippen LogP contribution in [-0.4, -0.2) is 31.7 Å². The maximum absolute atomic E-state index is 12.3. The third-order valence-corrected chi connectivity index (χ3v) is 5.41. The van der Waals surface area contributed by atoms with E-state index in [1.54, 1.807) is 0 Å². The molecule has 0 spiro atoms. The van der Waals surface area contributed by atoms with Crippen molar-refractivity contribution in [2.45, 2.75) is 19.8 Å². The number of benzene rings is 3. The summed E-state index contributed by atoms with van der Waals surface area (Å²) in [5.41, 5.74) is 4.26. The summed E-state index contributed by atoms with van der Waals surface area (Å²) in [5.74, 6) is 0.570. The second-order valence-corrected chi connectivity index (χ2v) is 8.78. The second-order valence-electron chi connectivity index (χ2n) is 8.78. The minimum Gasteiger partial charge on any atom is -0.489 e. The van der Waals surface area contributed by atoms with Crippen molar-refractivity contribution in [3.8, 4) is 5.75 Å². The molecule has 5 heteroatoms. The fourth-order valence-electron chi connectivity index (χ4n) is 3.54. The van der Waals surface area contributed by atoms with Crippen LogP contribution >= 0.6 is 0 Å². The first-order chi connectivity index (χ1) is 15.4. The Morgan fingerprint density at radius 2 is 1.62 bits per heavy atom. The highest BCUT2D eigenvalue weighted by Gasteiger charge is 2.13. The first-order valence-electron chi connectivity index (χ1n) is 10.7. The number of quaternary nitrogens is 1. The van der Waals surface area contributed by atoms with Crippen LogP contribution in [0.25, 0.3) is 10.9 Å². The monoisotopic (exact) mass is 429 g/mol. The molecule has 0 bridgehead atoms. The largest absolute Gasteiger partial charge is 0.489 e. The van der Waals surface area contributed by atoms with Gasteiger partial charge in [-0.2, -0.15) is 0 Å². The summed E-state index contributed by atoms with van der Waals surface area (Å²) >= 11 is 0. The molecule has 4 rings (SSSR count). The minimum absolute atomic E-state index is 0.184. The summed E-state index contributed by atoms with van der Waals surface area (Å²) in [6, 6.07) is 26.1. The van der Waals surface area contributed by atoms with Gasteiger partial charge in [-0.05, 0) is 47.5 Å². The normalized spacial score (nSPS) is 11.5. The predicted octanol–water partition coefficient (Wildman–Crippen LogP) is 5.16. The summed E-state index contributed by atoms with van der Waals surface area (Å²) < 4.78 is 14.1. The number of hydrogen-bond donors (Lipinski definition) is 0. The van der Waals surface area contributed by atoms with Gasteiger partial charge < -0.3 is 14.0 Å². The molecule has 0 aliphatic rings. The van der Waals surface area contributed by atoms with E-state index in [0.29, 0.717) is 6.61 Å². The van der Waals surface area contributed by atoms with Gasteiger partial charge in [0.1, 0.15) is 18.0 Å². The number of esters is 1. The number of nitrogens with zero attached hydrogens (tertiary/aromatic N) is 2. The van der Waals surface area contributed by atoms with Crippen molar-refractivity contribution < 1.29 is 14.3 Å². The quantitative estimate of drug-likeness (QED) is 0.287. The lowest BCUT2D eigenvalue weighted by Gasteiger charge is -2.23. The molecule has 0 amide bonds. The van der Waals surface area contributed by atoms with Crippen molar-refractivity contribution in [2.75, 3.05) is 21.1 Å². The van der Waals surface area contributed by atoms with Crippen LogP contribution in [0, 0.1) is 0 Å². The molecule has 0 saturated heterocycles. The SMILES string of the molecule is C[N+](C)(C)c1ccc(CC(=O)OCn2ccc3cc(OCc4ccccc4)ccc32)cc1. The molecule has 0 aliphatic carbocycles. The highest BCUT2D eigenvalue weighted by molar-refractivity contribution is 5.81. The van der Waals surface area contributed by atoms with Crippen LogP contribution in [0.2, 0.25) is 0 Å². The first-order valence-corrected chi connectivity index (χ1v) is 10.7. The number of carbonyl (C=O) groups is 1. The second kappa shape index (κ2) is 9.28. The van der Waals surface area contributed by atoms with Crippen LogP contribution in [0.3, 0.4) is 0 Å². The number of carbonyl (C=O) groups excluding carboxylic acids is 1. The Labute approximate surface area is 189 Å². The van der Waals surface area contributed by atoms with Crippen molar-refractivity contribution >= 4 is 22.6 Å². The lowest BCUT2D eigenvalue weighted by Crippen LogP contribution is -2.34. The van der Waals surface area contributed by atoms with Crippen LogP contribution in [0.5, 0.6) is 5.75 Å². The molecule has 0 fully saturated rings. The van der Waals surface area contributed by atoms with Crippen LogP contribution in [0.1, 0.15) is 11.1 Å². The molecule has 0 aliphatic heterocycles. The third kappa shape index (κ3) is 5.37. The van der Waals surface area contributed by atoms with E-state index in [2.05, 4.69) is 33.3 Å². The molecule has 0 saturated carbocycles. The highest BCUT2D eigenvalue weighted by Crippen LogP contribution is 2.23. The summed E-state index contributed by atoms with van der Waals surface area (Å²) in [5, 5.41) is 1.04. The highest BCUT2D eigenvalue weighted by atomic mass is 16.5. The molecule has 0 atom stereocenters. The number of fused-ring (bicyclic) bond motifs is 1. The predicted molar refractivity (Wildman–Crippen MR) is 129 cm³/mol.